The molecule has 0 spiro atoms. The van der Waals surface area contributed by atoms with E-state index in [2.05, 4.69) is 22.7 Å². The molecule has 2 aromatic carbocycles. The molecule has 160 valence electrons. The first kappa shape index (κ1) is 22.0. The van der Waals surface area contributed by atoms with Gasteiger partial charge in [-0.1, -0.05) is 24.3 Å². The summed E-state index contributed by atoms with van der Waals surface area (Å²) in [6.45, 7) is 2.32. The van der Waals surface area contributed by atoms with E-state index in [4.69, 9.17) is 5.73 Å². The van der Waals surface area contributed by atoms with Crippen molar-refractivity contribution in [3.05, 3.63) is 65.0 Å². The molecule has 0 saturated carbocycles. The first-order valence-electron chi connectivity index (χ1n) is 9.24. The van der Waals surface area contributed by atoms with Gasteiger partial charge in [0.05, 0.1) is 11.8 Å². The molecule has 5 nitrogen and oxygen atoms in total. The zero-order valence-corrected chi connectivity index (χ0v) is 16.8. The highest BCUT2D eigenvalue weighted by atomic mass is 32.1. The summed E-state index contributed by atoms with van der Waals surface area (Å²) in [6.07, 6.45) is -3.29. The van der Waals surface area contributed by atoms with Crippen LogP contribution in [0.1, 0.15) is 16.7 Å². The van der Waals surface area contributed by atoms with Gasteiger partial charge in [-0.05, 0) is 36.0 Å². The van der Waals surface area contributed by atoms with Crippen molar-refractivity contribution in [1.29, 1.82) is 0 Å². The maximum atomic E-state index is 13.8. The van der Waals surface area contributed by atoms with E-state index in [-0.39, 0.29) is 22.2 Å². The van der Waals surface area contributed by atoms with Gasteiger partial charge >= 0.3 is 6.18 Å². The molecular formula is C20H21F4N5S. The number of piperazine rings is 1. The van der Waals surface area contributed by atoms with Gasteiger partial charge in [0.15, 0.2) is 5.11 Å². The van der Waals surface area contributed by atoms with Gasteiger partial charge in [-0.3, -0.25) is 10.3 Å². The Morgan fingerprint density at radius 2 is 1.83 bits per heavy atom. The minimum absolute atomic E-state index is 0.0767. The standard InChI is InChI=1S/C20H21F4N5S/c21-17-4-2-1-3-15(17)13-28-7-9-29(10-8-28)18-6-5-14(12-26-27-19(25)30)11-16(18)20(22,23)24/h1-6,11-12H,7-10,13H2,(H3,25,27,30)/b26-12+. The van der Waals surface area contributed by atoms with E-state index in [1.54, 1.807) is 29.2 Å². The van der Waals surface area contributed by atoms with Crippen molar-refractivity contribution in [2.24, 2.45) is 10.8 Å². The van der Waals surface area contributed by atoms with Gasteiger partial charge < -0.3 is 10.6 Å². The highest BCUT2D eigenvalue weighted by Crippen LogP contribution is 2.37. The highest BCUT2D eigenvalue weighted by Gasteiger charge is 2.35. The lowest BCUT2D eigenvalue weighted by Crippen LogP contribution is -2.46. The fourth-order valence-electron chi connectivity index (χ4n) is 3.32. The van der Waals surface area contributed by atoms with Gasteiger partial charge in [-0.2, -0.15) is 18.3 Å². The molecule has 2 aromatic rings. The quantitative estimate of drug-likeness (QED) is 0.324. The van der Waals surface area contributed by atoms with Crippen LogP contribution >= 0.6 is 12.2 Å². The van der Waals surface area contributed by atoms with Crippen LogP contribution in [0.3, 0.4) is 0 Å². The fourth-order valence-corrected chi connectivity index (χ4v) is 3.37. The summed E-state index contributed by atoms with van der Waals surface area (Å²) in [5.41, 5.74) is 7.79. The summed E-state index contributed by atoms with van der Waals surface area (Å²) in [4.78, 5) is 3.74. The second-order valence-corrected chi connectivity index (χ2v) is 7.30. The Bertz CT molecular complexity index is 924. The predicted octanol–water partition coefficient (Wildman–Crippen LogP) is 3.33. The van der Waals surface area contributed by atoms with Gasteiger partial charge in [0, 0.05) is 44.0 Å². The summed E-state index contributed by atoms with van der Waals surface area (Å²) in [6, 6.07) is 10.6. The molecule has 1 aliphatic rings. The smallest absolute Gasteiger partial charge is 0.375 e. The first-order chi connectivity index (χ1) is 14.2. The first-order valence-corrected chi connectivity index (χ1v) is 9.65. The van der Waals surface area contributed by atoms with Crippen LogP contribution in [-0.4, -0.2) is 42.4 Å². The number of nitrogens with two attached hydrogens (primary N) is 1. The Kier molecular flexibility index (Phi) is 6.88. The summed E-state index contributed by atoms with van der Waals surface area (Å²) in [5.74, 6) is -0.276. The zero-order valence-electron chi connectivity index (χ0n) is 16.0. The maximum absolute atomic E-state index is 13.8. The fraction of sp³-hybridized carbons (Fsp3) is 0.300. The topological polar surface area (TPSA) is 56.9 Å². The van der Waals surface area contributed by atoms with Crippen LogP contribution in [0, 0.1) is 5.82 Å². The lowest BCUT2D eigenvalue weighted by atomic mass is 10.1. The van der Waals surface area contributed by atoms with E-state index in [1.807, 2.05) is 4.90 Å². The number of benzene rings is 2. The molecule has 30 heavy (non-hydrogen) atoms. The molecule has 3 N–H and O–H groups in total. The normalized spacial score (nSPS) is 15.5. The molecular weight excluding hydrogens is 418 g/mol. The van der Waals surface area contributed by atoms with Gasteiger partial charge in [-0.15, -0.1) is 0 Å². The van der Waals surface area contributed by atoms with Crippen LogP contribution < -0.4 is 16.1 Å². The van der Waals surface area contributed by atoms with Crippen molar-refractivity contribution in [2.45, 2.75) is 12.7 Å². The van der Waals surface area contributed by atoms with Crippen LogP contribution in [0.25, 0.3) is 0 Å². The molecule has 0 unspecified atom stereocenters. The third-order valence-electron chi connectivity index (χ3n) is 4.78. The van der Waals surface area contributed by atoms with Crippen LogP contribution in [0.4, 0.5) is 23.2 Å². The highest BCUT2D eigenvalue weighted by molar-refractivity contribution is 7.80. The Morgan fingerprint density at radius 3 is 2.47 bits per heavy atom. The number of halogens is 4. The average Bonchev–Trinajstić information content (AvgIpc) is 2.69. The van der Waals surface area contributed by atoms with Crippen molar-refractivity contribution < 1.29 is 17.6 Å². The average molecular weight is 439 g/mol. The lowest BCUT2D eigenvalue weighted by Gasteiger charge is -2.37. The molecule has 0 bridgehead atoms. The molecule has 0 aliphatic carbocycles. The number of nitrogens with one attached hydrogen (secondary N) is 1. The van der Waals surface area contributed by atoms with Crippen molar-refractivity contribution >= 4 is 29.2 Å². The van der Waals surface area contributed by atoms with Crippen LogP contribution in [0.2, 0.25) is 0 Å². The maximum Gasteiger partial charge on any atom is 0.418 e. The van der Waals surface area contributed by atoms with Crippen LogP contribution in [-0.2, 0) is 12.7 Å². The molecule has 3 rings (SSSR count). The molecule has 0 radical (unpaired) electrons. The van der Waals surface area contributed by atoms with Gasteiger partial charge in [-0.25, -0.2) is 4.39 Å². The van der Waals surface area contributed by atoms with Crippen LogP contribution in [0.15, 0.2) is 47.6 Å². The number of hydrazone groups is 1. The zero-order chi connectivity index (χ0) is 21.7. The van der Waals surface area contributed by atoms with E-state index in [0.29, 0.717) is 38.3 Å². The SMILES string of the molecule is NC(=S)N/N=C/c1ccc(N2CCN(Cc3ccccc3F)CC2)c(C(F)(F)F)c1. The number of anilines is 1. The number of rotatable bonds is 5. The Labute approximate surface area is 177 Å². The van der Waals surface area contributed by atoms with E-state index < -0.39 is 11.7 Å². The van der Waals surface area contributed by atoms with E-state index in [1.165, 1.54) is 18.3 Å². The van der Waals surface area contributed by atoms with Crippen LogP contribution in [0.5, 0.6) is 0 Å². The largest absolute Gasteiger partial charge is 0.418 e. The van der Waals surface area contributed by atoms with E-state index in [0.717, 1.165) is 6.07 Å². The Morgan fingerprint density at radius 1 is 1.13 bits per heavy atom. The van der Waals surface area contributed by atoms with E-state index >= 15 is 0 Å². The molecule has 0 amide bonds. The van der Waals surface area contributed by atoms with Crippen molar-refractivity contribution in [1.82, 2.24) is 10.3 Å². The minimum atomic E-state index is -4.51. The van der Waals surface area contributed by atoms with Gasteiger partial charge in [0.25, 0.3) is 0 Å². The summed E-state index contributed by atoms with van der Waals surface area (Å²) >= 11 is 4.60. The third-order valence-corrected chi connectivity index (χ3v) is 4.87. The monoisotopic (exact) mass is 439 g/mol. The van der Waals surface area contributed by atoms with Crippen molar-refractivity contribution in [3.63, 3.8) is 0 Å². The second kappa shape index (κ2) is 9.40. The van der Waals surface area contributed by atoms with Crippen molar-refractivity contribution in [3.8, 4) is 0 Å². The Balaban J connectivity index is 1.72. The van der Waals surface area contributed by atoms with Gasteiger partial charge in [0.2, 0.25) is 0 Å². The number of hydrogen-bond acceptors (Lipinski definition) is 4. The number of thiocarbonyl (C=S) groups is 1. The molecule has 1 saturated heterocycles. The third kappa shape index (κ3) is 5.67. The van der Waals surface area contributed by atoms with E-state index in [9.17, 15) is 17.6 Å². The van der Waals surface area contributed by atoms with Gasteiger partial charge in [0.1, 0.15) is 5.82 Å². The molecule has 1 fully saturated rings. The number of alkyl halides is 3. The summed E-state index contributed by atoms with van der Waals surface area (Å²) in [7, 11) is 0. The van der Waals surface area contributed by atoms with Crippen molar-refractivity contribution in [2.75, 3.05) is 31.1 Å². The summed E-state index contributed by atoms with van der Waals surface area (Å²) < 4.78 is 54.8. The minimum Gasteiger partial charge on any atom is -0.375 e. The molecule has 1 aliphatic heterocycles. The number of hydrogen-bond donors (Lipinski definition) is 2. The summed E-state index contributed by atoms with van der Waals surface area (Å²) in [5, 5.41) is 3.63. The number of nitrogens with zero attached hydrogens (tertiary/aromatic N) is 3. The molecule has 0 aromatic heterocycles. The lowest BCUT2D eigenvalue weighted by molar-refractivity contribution is -0.137. The predicted molar refractivity (Wildman–Crippen MR) is 113 cm³/mol. The second-order valence-electron chi connectivity index (χ2n) is 6.86. The Hall–Kier alpha value is -2.72. The molecule has 1 heterocycles. The molecule has 10 heteroatoms. The molecule has 0 atom stereocenters.